The van der Waals surface area contributed by atoms with Crippen LogP contribution in [0.1, 0.15) is 60.3 Å². The number of carbonyl (C=O) groups is 4. The molecule has 0 aromatic rings. The van der Waals surface area contributed by atoms with Crippen molar-refractivity contribution in [1.82, 2.24) is 5.32 Å². The standard InChI is InChI=1S/C14H23NO5S.C5H6O.CH4/c1-14(2,3)20-13(18)15-11(12(17)19-4)8-21-10-6-5-9(16)7-10;6-5-3-1-2-4-5;/h10-11H,5-8H2,1-4H3,(H,15,18);1,3H,2,4H2;1H4/t10?,11-;;/m0../s1. The lowest BCUT2D eigenvalue weighted by molar-refractivity contribution is -0.142. The number of nitrogens with one attached hydrogen (secondary N) is 1. The van der Waals surface area contributed by atoms with Gasteiger partial charge in [0.1, 0.15) is 17.4 Å². The summed E-state index contributed by atoms with van der Waals surface area (Å²) in [7, 11) is 1.27. The summed E-state index contributed by atoms with van der Waals surface area (Å²) in [6.07, 6.45) is 6.54. The number of alkyl carbamates (subject to hydrolysis) is 1. The Labute approximate surface area is 172 Å². The van der Waals surface area contributed by atoms with Crippen molar-refractivity contribution < 1.29 is 28.7 Å². The van der Waals surface area contributed by atoms with E-state index in [1.54, 1.807) is 26.8 Å². The lowest BCUT2D eigenvalue weighted by atomic mass is 10.2. The fourth-order valence-electron chi connectivity index (χ4n) is 2.44. The third-order valence-corrected chi connectivity index (χ3v) is 5.14. The van der Waals surface area contributed by atoms with Crippen LogP contribution in [0.15, 0.2) is 12.2 Å². The molecular formula is C20H33NO6S. The van der Waals surface area contributed by atoms with E-state index in [1.807, 2.05) is 6.08 Å². The van der Waals surface area contributed by atoms with Crippen LogP contribution in [-0.2, 0) is 23.9 Å². The van der Waals surface area contributed by atoms with E-state index < -0.39 is 23.7 Å². The molecule has 2 aliphatic rings. The smallest absolute Gasteiger partial charge is 0.408 e. The minimum absolute atomic E-state index is 0. The first-order chi connectivity index (χ1) is 12.6. The van der Waals surface area contributed by atoms with Gasteiger partial charge in [-0.3, -0.25) is 9.59 Å². The van der Waals surface area contributed by atoms with E-state index in [1.165, 1.54) is 18.9 Å². The van der Waals surface area contributed by atoms with Crippen LogP contribution in [0.5, 0.6) is 0 Å². The molecule has 1 saturated carbocycles. The SMILES string of the molecule is C.COC(=O)[C@H](CSC1CCC(=O)C1)NC(=O)OC(C)(C)C.O=C1C=CCC1. The number of ketones is 2. The molecule has 8 heteroatoms. The number of Topliss-reactive ketones (excluding diaryl/α,β-unsaturated/α-hetero) is 1. The predicted molar refractivity (Wildman–Crippen MR) is 110 cm³/mol. The van der Waals surface area contributed by atoms with E-state index in [0.717, 1.165) is 19.3 Å². The van der Waals surface area contributed by atoms with Crippen LogP contribution in [0.25, 0.3) is 0 Å². The Morgan fingerprint density at radius 3 is 2.36 bits per heavy atom. The molecule has 160 valence electrons. The van der Waals surface area contributed by atoms with Gasteiger partial charge >= 0.3 is 12.1 Å². The number of hydrogen-bond donors (Lipinski definition) is 1. The van der Waals surface area contributed by atoms with Crippen molar-refractivity contribution >= 4 is 35.4 Å². The van der Waals surface area contributed by atoms with Gasteiger partial charge in [-0.15, -0.1) is 0 Å². The second-order valence-corrected chi connectivity index (χ2v) is 8.70. The fraction of sp³-hybridized carbons (Fsp3) is 0.700. The summed E-state index contributed by atoms with van der Waals surface area (Å²) in [5.41, 5.74) is -0.629. The van der Waals surface area contributed by atoms with Gasteiger partial charge in [-0.2, -0.15) is 11.8 Å². The third kappa shape index (κ3) is 11.1. The van der Waals surface area contributed by atoms with Gasteiger partial charge in [-0.05, 0) is 39.7 Å². The van der Waals surface area contributed by atoms with Crippen molar-refractivity contribution in [3.63, 3.8) is 0 Å². The van der Waals surface area contributed by atoms with E-state index in [-0.39, 0.29) is 24.2 Å². The maximum atomic E-state index is 11.7. The summed E-state index contributed by atoms with van der Waals surface area (Å²) in [5.74, 6) is 0.374. The Kier molecular flexibility index (Phi) is 11.8. The first-order valence-corrected chi connectivity index (χ1v) is 10.1. The number of hydrogen-bond acceptors (Lipinski definition) is 7. The average molecular weight is 416 g/mol. The Hall–Kier alpha value is -1.83. The summed E-state index contributed by atoms with van der Waals surface area (Å²) in [6.45, 7) is 5.25. The summed E-state index contributed by atoms with van der Waals surface area (Å²) in [4.78, 5) is 44.8. The monoisotopic (exact) mass is 415 g/mol. The number of esters is 1. The van der Waals surface area contributed by atoms with E-state index in [2.05, 4.69) is 5.32 Å². The number of amides is 1. The molecule has 0 heterocycles. The zero-order chi connectivity index (χ0) is 20.4. The summed E-state index contributed by atoms with van der Waals surface area (Å²) in [5, 5.41) is 2.73. The highest BCUT2D eigenvalue weighted by Gasteiger charge is 2.28. The van der Waals surface area contributed by atoms with Crippen LogP contribution in [0.3, 0.4) is 0 Å². The highest BCUT2D eigenvalue weighted by Crippen LogP contribution is 2.27. The van der Waals surface area contributed by atoms with Crippen LogP contribution in [0.2, 0.25) is 0 Å². The van der Waals surface area contributed by atoms with E-state index in [0.29, 0.717) is 18.6 Å². The first kappa shape index (κ1) is 26.2. The maximum Gasteiger partial charge on any atom is 0.408 e. The quantitative estimate of drug-likeness (QED) is 0.687. The molecule has 1 N–H and O–H groups in total. The number of methoxy groups -OCH3 is 1. The van der Waals surface area contributed by atoms with Gasteiger partial charge in [-0.1, -0.05) is 13.5 Å². The minimum atomic E-state index is -0.773. The number of ether oxygens (including phenoxy) is 2. The van der Waals surface area contributed by atoms with Crippen LogP contribution >= 0.6 is 11.8 Å². The molecule has 28 heavy (non-hydrogen) atoms. The van der Waals surface area contributed by atoms with Crippen LogP contribution < -0.4 is 5.32 Å². The highest BCUT2D eigenvalue weighted by molar-refractivity contribution is 8.00. The minimum Gasteiger partial charge on any atom is -0.467 e. The molecule has 0 bridgehead atoms. The average Bonchev–Trinajstić information content (AvgIpc) is 3.20. The van der Waals surface area contributed by atoms with Crippen molar-refractivity contribution in [1.29, 1.82) is 0 Å². The summed E-state index contributed by atoms with van der Waals surface area (Å²) in [6, 6.07) is -0.773. The zero-order valence-corrected chi connectivity index (χ0v) is 17.2. The molecule has 0 radical (unpaired) electrons. The molecule has 2 aliphatic carbocycles. The van der Waals surface area contributed by atoms with Crippen molar-refractivity contribution in [3.05, 3.63) is 12.2 Å². The molecule has 0 saturated heterocycles. The lowest BCUT2D eigenvalue weighted by Gasteiger charge is -2.23. The van der Waals surface area contributed by atoms with Gasteiger partial charge in [0.15, 0.2) is 5.78 Å². The van der Waals surface area contributed by atoms with E-state index in [9.17, 15) is 19.2 Å². The number of carbonyl (C=O) groups excluding carboxylic acids is 4. The van der Waals surface area contributed by atoms with Gasteiger partial charge < -0.3 is 14.8 Å². The normalized spacial score (nSPS) is 19.2. The fourth-order valence-corrected chi connectivity index (χ4v) is 3.71. The zero-order valence-electron chi connectivity index (χ0n) is 16.4. The van der Waals surface area contributed by atoms with Crippen molar-refractivity contribution in [3.8, 4) is 0 Å². The van der Waals surface area contributed by atoms with E-state index >= 15 is 0 Å². The predicted octanol–water partition coefficient (Wildman–Crippen LogP) is 3.45. The molecule has 7 nitrogen and oxygen atoms in total. The molecule has 2 rings (SSSR count). The summed E-state index contributed by atoms with van der Waals surface area (Å²) >= 11 is 1.51. The Bertz CT molecular complexity index is 582. The second-order valence-electron chi connectivity index (χ2n) is 7.37. The van der Waals surface area contributed by atoms with Crippen LogP contribution in [0.4, 0.5) is 4.79 Å². The first-order valence-electron chi connectivity index (χ1n) is 9.00. The van der Waals surface area contributed by atoms with Crippen molar-refractivity contribution in [2.45, 2.75) is 77.2 Å². The molecular weight excluding hydrogens is 382 g/mol. The van der Waals surface area contributed by atoms with Crippen LogP contribution in [-0.4, -0.2) is 53.4 Å². The molecule has 1 unspecified atom stereocenters. The molecule has 0 aromatic heterocycles. The molecule has 1 amide bonds. The Morgan fingerprint density at radius 2 is 1.96 bits per heavy atom. The Balaban J connectivity index is 0.000000884. The molecule has 1 fully saturated rings. The van der Waals surface area contributed by atoms with Gasteiger partial charge in [0.05, 0.1) is 7.11 Å². The summed E-state index contributed by atoms with van der Waals surface area (Å²) < 4.78 is 9.82. The highest BCUT2D eigenvalue weighted by atomic mass is 32.2. The number of rotatable bonds is 5. The van der Waals surface area contributed by atoms with Gasteiger partial charge in [-0.25, -0.2) is 9.59 Å². The van der Waals surface area contributed by atoms with Crippen molar-refractivity contribution in [2.75, 3.05) is 12.9 Å². The van der Waals surface area contributed by atoms with Gasteiger partial charge in [0, 0.05) is 30.3 Å². The number of allylic oxidation sites excluding steroid dienone is 2. The van der Waals surface area contributed by atoms with Crippen LogP contribution in [0, 0.1) is 0 Å². The lowest BCUT2D eigenvalue weighted by Crippen LogP contribution is -2.45. The molecule has 0 spiro atoms. The van der Waals surface area contributed by atoms with E-state index in [4.69, 9.17) is 9.47 Å². The topological polar surface area (TPSA) is 98.8 Å². The molecule has 0 aromatic carbocycles. The molecule has 0 aliphatic heterocycles. The second kappa shape index (κ2) is 12.6. The third-order valence-electron chi connectivity index (χ3n) is 3.74. The largest absolute Gasteiger partial charge is 0.467 e. The Morgan fingerprint density at radius 1 is 1.29 bits per heavy atom. The maximum absolute atomic E-state index is 11.7. The van der Waals surface area contributed by atoms with Gasteiger partial charge in [0.2, 0.25) is 0 Å². The van der Waals surface area contributed by atoms with Crippen molar-refractivity contribution in [2.24, 2.45) is 0 Å². The van der Waals surface area contributed by atoms with Gasteiger partial charge in [0.25, 0.3) is 0 Å². The number of thioether (sulfide) groups is 1. The molecule has 2 atom stereocenters.